The van der Waals surface area contributed by atoms with Gasteiger partial charge in [0.15, 0.2) is 0 Å². The van der Waals surface area contributed by atoms with Crippen LogP contribution in [0.25, 0.3) is 0 Å². The molecular formula is C22H23BClN5O3. The van der Waals surface area contributed by atoms with Crippen LogP contribution in [0.4, 0.5) is 5.82 Å². The maximum Gasteiger partial charge on any atom is 0.414 e. The van der Waals surface area contributed by atoms with Crippen molar-refractivity contribution in [3.8, 4) is 6.01 Å². The Morgan fingerprint density at radius 2 is 2.09 bits per heavy atom. The fraction of sp³-hybridized carbons (Fsp3) is 0.364. The van der Waals surface area contributed by atoms with E-state index in [0.717, 1.165) is 39.0 Å². The topological polar surface area (TPSA) is 86.3 Å². The van der Waals surface area contributed by atoms with E-state index in [1.54, 1.807) is 4.57 Å². The van der Waals surface area contributed by atoms with Crippen molar-refractivity contribution in [2.24, 2.45) is 0 Å². The van der Waals surface area contributed by atoms with Gasteiger partial charge in [0.1, 0.15) is 17.0 Å². The number of hydrogen-bond donors (Lipinski definition) is 0. The van der Waals surface area contributed by atoms with E-state index < -0.39 is 10.5 Å². The number of nitro groups is 1. The molecule has 2 aromatic heterocycles. The molecule has 1 unspecified atom stereocenters. The Kier molecular flexibility index (Phi) is 5.39. The summed E-state index contributed by atoms with van der Waals surface area (Å²) in [6.07, 6.45) is 3.17. The van der Waals surface area contributed by atoms with Gasteiger partial charge in [0.05, 0.1) is 6.54 Å². The molecule has 2 aliphatic rings. The van der Waals surface area contributed by atoms with E-state index in [9.17, 15) is 10.1 Å². The van der Waals surface area contributed by atoms with E-state index in [0.29, 0.717) is 17.7 Å². The van der Waals surface area contributed by atoms with Gasteiger partial charge in [-0.25, -0.2) is 4.98 Å². The van der Waals surface area contributed by atoms with Gasteiger partial charge < -0.3 is 19.7 Å². The third-order valence-corrected chi connectivity index (χ3v) is 6.69. The summed E-state index contributed by atoms with van der Waals surface area (Å²) in [5.74, 6) is -0.0204. The maximum absolute atomic E-state index is 11.1. The predicted molar refractivity (Wildman–Crippen MR) is 122 cm³/mol. The number of fused-ring (bicyclic) bond motifs is 2. The van der Waals surface area contributed by atoms with Crippen molar-refractivity contribution in [1.82, 2.24) is 19.3 Å². The Hall–Kier alpha value is -2.91. The smallest absolute Gasteiger partial charge is 0.414 e. The zero-order chi connectivity index (χ0) is 22.3. The fourth-order valence-electron chi connectivity index (χ4n) is 4.75. The molecule has 0 saturated heterocycles. The minimum atomic E-state index is -0.522. The second-order valence-electron chi connectivity index (χ2n) is 8.79. The van der Waals surface area contributed by atoms with Gasteiger partial charge >= 0.3 is 11.8 Å². The first kappa shape index (κ1) is 21.0. The minimum Gasteiger partial charge on any atom is -0.438 e. The number of nitrogens with zero attached hydrogens (tertiary/aromatic N) is 5. The van der Waals surface area contributed by atoms with Crippen LogP contribution in [0.2, 0.25) is 11.0 Å². The Bertz CT molecular complexity index is 1130. The molecule has 3 aromatic rings. The number of pyridine rings is 1. The zero-order valence-corrected chi connectivity index (χ0v) is 18.5. The lowest BCUT2D eigenvalue weighted by Crippen LogP contribution is -2.47. The quantitative estimate of drug-likeness (QED) is 0.247. The molecule has 10 heteroatoms. The third kappa shape index (κ3) is 4.10. The molecule has 32 heavy (non-hydrogen) atoms. The van der Waals surface area contributed by atoms with Crippen molar-refractivity contribution in [1.29, 1.82) is 0 Å². The molecule has 0 saturated carbocycles. The molecule has 0 fully saturated rings. The maximum atomic E-state index is 11.1. The number of ether oxygens (including phenoxy) is 1. The fourth-order valence-corrected chi connectivity index (χ4v) is 4.91. The molecule has 0 amide bonds. The van der Waals surface area contributed by atoms with Crippen molar-refractivity contribution in [3.05, 3.63) is 80.7 Å². The van der Waals surface area contributed by atoms with Gasteiger partial charge in [0.25, 0.3) is 0 Å². The van der Waals surface area contributed by atoms with Crippen molar-refractivity contribution in [3.63, 3.8) is 0 Å². The zero-order valence-electron chi connectivity index (χ0n) is 17.8. The van der Waals surface area contributed by atoms with Gasteiger partial charge in [0, 0.05) is 23.6 Å². The molecule has 164 valence electrons. The van der Waals surface area contributed by atoms with Crippen LogP contribution in [-0.4, -0.2) is 43.8 Å². The highest BCUT2D eigenvalue weighted by atomic mass is 35.5. The first-order valence-corrected chi connectivity index (χ1v) is 11.1. The van der Waals surface area contributed by atoms with Crippen LogP contribution in [0.5, 0.6) is 6.01 Å². The molecule has 0 radical (unpaired) electrons. The number of benzene rings is 1. The van der Waals surface area contributed by atoms with Crippen LogP contribution in [0.3, 0.4) is 0 Å². The normalized spacial score (nSPS) is 20.8. The number of imidazole rings is 1. The summed E-state index contributed by atoms with van der Waals surface area (Å²) in [5.41, 5.74) is 3.00. The molecule has 8 nitrogen and oxygen atoms in total. The van der Waals surface area contributed by atoms with Gasteiger partial charge in [-0.05, 0) is 47.8 Å². The van der Waals surface area contributed by atoms with Gasteiger partial charge in [-0.15, -0.1) is 0 Å². The van der Waals surface area contributed by atoms with Crippen molar-refractivity contribution < 1.29 is 9.66 Å². The monoisotopic (exact) mass is 451 g/mol. The van der Waals surface area contributed by atoms with E-state index in [1.807, 2.05) is 24.3 Å². The molecule has 0 bridgehead atoms. The molecular weight excluding hydrogens is 429 g/mol. The summed E-state index contributed by atoms with van der Waals surface area (Å²) in [7, 11) is 0.834. The summed E-state index contributed by atoms with van der Waals surface area (Å²) >= 11 is 6.06. The Labute approximate surface area is 191 Å². The van der Waals surface area contributed by atoms with Gasteiger partial charge in [0.2, 0.25) is 7.41 Å². The number of halogens is 1. The molecule has 2 aliphatic heterocycles. The number of rotatable bonds is 6. The standard InChI is InChI=1S/C22H23BClN5O3/c1-22(14-27-13-20(29(30)31)26-21(27)32-22)18(11-15-5-3-2-4-6-15)23-28-10-9-17-16(12-28)7-8-19(24)25-17/h2-8,13,18,23H,9-12,14H2,1H3/t18?,22-/m1/s1. The van der Waals surface area contributed by atoms with E-state index >= 15 is 0 Å². The molecule has 0 aliphatic carbocycles. The third-order valence-electron chi connectivity index (χ3n) is 6.48. The van der Waals surface area contributed by atoms with Crippen LogP contribution < -0.4 is 4.74 Å². The van der Waals surface area contributed by atoms with Crippen LogP contribution in [0.15, 0.2) is 48.7 Å². The van der Waals surface area contributed by atoms with E-state index in [4.69, 9.17) is 16.3 Å². The Morgan fingerprint density at radius 3 is 2.84 bits per heavy atom. The lowest BCUT2D eigenvalue weighted by atomic mass is 9.61. The van der Waals surface area contributed by atoms with Crippen LogP contribution >= 0.6 is 11.6 Å². The van der Waals surface area contributed by atoms with Crippen molar-refractivity contribution in [2.75, 3.05) is 6.54 Å². The van der Waals surface area contributed by atoms with Crippen LogP contribution in [-0.2, 0) is 25.9 Å². The highest BCUT2D eigenvalue weighted by Gasteiger charge is 2.46. The summed E-state index contributed by atoms with van der Waals surface area (Å²) < 4.78 is 8.03. The first-order valence-electron chi connectivity index (χ1n) is 10.7. The summed E-state index contributed by atoms with van der Waals surface area (Å²) in [6, 6.07) is 14.6. The lowest BCUT2D eigenvalue weighted by Gasteiger charge is -2.37. The summed E-state index contributed by atoms with van der Waals surface area (Å²) in [4.78, 5) is 21.6. The van der Waals surface area contributed by atoms with Crippen LogP contribution in [0, 0.1) is 10.1 Å². The second-order valence-corrected chi connectivity index (χ2v) is 9.18. The minimum absolute atomic E-state index is 0.160. The van der Waals surface area contributed by atoms with Gasteiger partial charge in [-0.2, -0.15) is 0 Å². The second kappa shape index (κ2) is 8.22. The molecule has 0 N–H and O–H groups in total. The first-order chi connectivity index (χ1) is 15.4. The highest BCUT2D eigenvalue weighted by molar-refractivity contribution is 6.35. The van der Waals surface area contributed by atoms with E-state index in [1.165, 1.54) is 17.3 Å². The molecule has 4 heterocycles. The SMILES string of the molecule is C[C@]1(C(BN2CCc3nc(Cl)ccc3C2)Cc2ccccc2)Cn2cc([N+](=O)[O-])nc2O1. The molecule has 0 spiro atoms. The average molecular weight is 452 g/mol. The number of aromatic nitrogens is 3. The summed E-state index contributed by atoms with van der Waals surface area (Å²) in [5, 5.41) is 11.6. The molecule has 1 aromatic carbocycles. The van der Waals surface area contributed by atoms with E-state index in [2.05, 4.69) is 39.9 Å². The largest absolute Gasteiger partial charge is 0.438 e. The molecule has 5 rings (SSSR count). The van der Waals surface area contributed by atoms with Gasteiger partial charge in [-0.1, -0.05) is 48.0 Å². The predicted octanol–water partition coefficient (Wildman–Crippen LogP) is 3.43. The Morgan fingerprint density at radius 1 is 1.28 bits per heavy atom. The highest BCUT2D eigenvalue weighted by Crippen LogP contribution is 2.40. The van der Waals surface area contributed by atoms with Gasteiger partial charge in [-0.3, -0.25) is 4.57 Å². The summed E-state index contributed by atoms with van der Waals surface area (Å²) in [6.45, 7) is 4.33. The van der Waals surface area contributed by atoms with Crippen molar-refractivity contribution in [2.45, 2.75) is 44.3 Å². The van der Waals surface area contributed by atoms with E-state index in [-0.39, 0.29) is 11.6 Å². The molecule has 2 atom stereocenters. The average Bonchev–Trinajstić information content (AvgIpc) is 3.30. The van der Waals surface area contributed by atoms with Crippen LogP contribution in [0.1, 0.15) is 23.7 Å². The Balaban J connectivity index is 1.38. The van der Waals surface area contributed by atoms with Crippen molar-refractivity contribution >= 4 is 24.8 Å². The number of hydrogen-bond acceptors (Lipinski definition) is 6. The lowest BCUT2D eigenvalue weighted by molar-refractivity contribution is -0.389.